The number of fused-ring (bicyclic) bond motifs is 1. The zero-order chi connectivity index (χ0) is 25.2. The third-order valence-corrected chi connectivity index (χ3v) is 6.68. The van der Waals surface area contributed by atoms with Gasteiger partial charge in [-0.1, -0.05) is 37.7 Å². The molecule has 0 aliphatic heterocycles. The number of rotatable bonds is 8. The number of carbonyl (C=O) groups is 2. The van der Waals surface area contributed by atoms with Gasteiger partial charge in [-0.2, -0.15) is 0 Å². The molecule has 1 atom stereocenters. The SMILES string of the molecule is Cc1ccc(C(=O)C(C)Sc2nc3cc(C(=O)NC(C)C)ccc3c(=O)n2CC(C)C)cc1C. The quantitative estimate of drug-likeness (QED) is 0.274. The summed E-state index contributed by atoms with van der Waals surface area (Å²) in [5, 5.41) is 3.37. The normalized spacial score (nSPS) is 12.4. The summed E-state index contributed by atoms with van der Waals surface area (Å²) in [6, 6.07) is 10.7. The number of nitrogens with one attached hydrogen (secondary N) is 1. The number of aromatic nitrogens is 2. The summed E-state index contributed by atoms with van der Waals surface area (Å²) in [7, 11) is 0. The van der Waals surface area contributed by atoms with Crippen LogP contribution in [-0.4, -0.2) is 32.5 Å². The van der Waals surface area contributed by atoms with Crippen molar-refractivity contribution in [3.63, 3.8) is 0 Å². The van der Waals surface area contributed by atoms with Gasteiger partial charge in [0.25, 0.3) is 11.5 Å². The molecule has 0 aliphatic rings. The highest BCUT2D eigenvalue weighted by Crippen LogP contribution is 2.26. The second-order valence-electron chi connectivity index (χ2n) is 9.49. The number of hydrogen-bond donors (Lipinski definition) is 1. The van der Waals surface area contributed by atoms with Gasteiger partial charge in [0.1, 0.15) is 0 Å². The second-order valence-corrected chi connectivity index (χ2v) is 10.8. The average molecular weight is 480 g/mol. The van der Waals surface area contributed by atoms with E-state index in [0.717, 1.165) is 11.1 Å². The molecule has 0 fully saturated rings. The summed E-state index contributed by atoms with van der Waals surface area (Å²) in [6.45, 7) is 14.2. The van der Waals surface area contributed by atoms with Gasteiger partial charge in [-0.25, -0.2) is 4.98 Å². The molecule has 0 aliphatic carbocycles. The van der Waals surface area contributed by atoms with Gasteiger partial charge in [-0.05, 0) is 75.9 Å². The molecule has 0 radical (unpaired) electrons. The van der Waals surface area contributed by atoms with E-state index in [9.17, 15) is 14.4 Å². The lowest BCUT2D eigenvalue weighted by atomic mass is 10.0. The van der Waals surface area contributed by atoms with Crippen LogP contribution in [0.5, 0.6) is 0 Å². The highest BCUT2D eigenvalue weighted by atomic mass is 32.2. The molecule has 1 aromatic heterocycles. The van der Waals surface area contributed by atoms with Crippen molar-refractivity contribution in [1.29, 1.82) is 0 Å². The third-order valence-electron chi connectivity index (χ3n) is 5.59. The largest absolute Gasteiger partial charge is 0.350 e. The number of carbonyl (C=O) groups excluding carboxylic acids is 2. The standard InChI is InChI=1S/C27H33N3O3S/c1-15(2)14-30-26(33)22-11-10-21(25(32)28-16(3)4)13-23(22)29-27(30)34-19(7)24(31)20-9-8-17(5)18(6)12-20/h8-13,15-16,19H,14H2,1-7H3,(H,28,32). The minimum Gasteiger partial charge on any atom is -0.350 e. The van der Waals surface area contributed by atoms with Crippen molar-refractivity contribution in [2.75, 3.05) is 0 Å². The molecule has 1 amide bonds. The Balaban J connectivity index is 2.03. The number of nitrogens with zero attached hydrogens (tertiary/aromatic N) is 2. The van der Waals surface area contributed by atoms with Crippen LogP contribution in [0.1, 0.15) is 66.5 Å². The summed E-state index contributed by atoms with van der Waals surface area (Å²) in [4.78, 5) is 43.8. The van der Waals surface area contributed by atoms with E-state index in [2.05, 4.69) is 5.32 Å². The van der Waals surface area contributed by atoms with Crippen molar-refractivity contribution in [2.45, 2.75) is 71.5 Å². The van der Waals surface area contributed by atoms with Crippen LogP contribution < -0.4 is 10.9 Å². The molecule has 7 heteroatoms. The van der Waals surface area contributed by atoms with Crippen LogP contribution in [0.3, 0.4) is 0 Å². The summed E-state index contributed by atoms with van der Waals surface area (Å²) >= 11 is 1.28. The van der Waals surface area contributed by atoms with Gasteiger partial charge in [0.15, 0.2) is 10.9 Å². The maximum absolute atomic E-state index is 13.4. The van der Waals surface area contributed by atoms with Crippen LogP contribution in [0.25, 0.3) is 10.9 Å². The van der Waals surface area contributed by atoms with Gasteiger partial charge < -0.3 is 5.32 Å². The van der Waals surface area contributed by atoms with E-state index in [4.69, 9.17) is 4.98 Å². The Morgan fingerprint density at radius 1 is 0.971 bits per heavy atom. The van der Waals surface area contributed by atoms with Crippen LogP contribution in [0, 0.1) is 19.8 Å². The van der Waals surface area contributed by atoms with Crippen LogP contribution in [-0.2, 0) is 6.54 Å². The smallest absolute Gasteiger partial charge is 0.262 e. The van der Waals surface area contributed by atoms with Crippen LogP contribution in [0.15, 0.2) is 46.3 Å². The highest BCUT2D eigenvalue weighted by Gasteiger charge is 2.22. The van der Waals surface area contributed by atoms with Gasteiger partial charge >= 0.3 is 0 Å². The van der Waals surface area contributed by atoms with E-state index in [1.807, 2.05) is 66.7 Å². The first-order chi connectivity index (χ1) is 16.0. The molecule has 34 heavy (non-hydrogen) atoms. The van der Waals surface area contributed by atoms with Crippen molar-refractivity contribution >= 4 is 34.4 Å². The number of aryl methyl sites for hydroxylation is 2. The molecule has 0 bridgehead atoms. The number of amides is 1. The number of Topliss-reactive ketones (excluding diaryl/α,β-unsaturated/α-hetero) is 1. The molecule has 0 spiro atoms. The van der Waals surface area contributed by atoms with E-state index in [-0.39, 0.29) is 29.2 Å². The Bertz CT molecular complexity index is 1290. The Morgan fingerprint density at radius 3 is 2.26 bits per heavy atom. The monoisotopic (exact) mass is 479 g/mol. The Kier molecular flexibility index (Phi) is 7.97. The highest BCUT2D eigenvalue weighted by molar-refractivity contribution is 8.00. The predicted octanol–water partition coefficient (Wildman–Crippen LogP) is 5.17. The van der Waals surface area contributed by atoms with Gasteiger partial charge in [0.2, 0.25) is 0 Å². The fourth-order valence-corrected chi connectivity index (χ4v) is 4.64. The molecule has 6 nitrogen and oxygen atoms in total. The maximum Gasteiger partial charge on any atom is 0.262 e. The lowest BCUT2D eigenvalue weighted by Crippen LogP contribution is -2.30. The third kappa shape index (κ3) is 5.76. The molecule has 3 rings (SSSR count). The molecule has 0 saturated carbocycles. The number of hydrogen-bond acceptors (Lipinski definition) is 5. The first kappa shape index (κ1) is 25.7. The van der Waals surface area contributed by atoms with E-state index >= 15 is 0 Å². The Labute approximate surface area is 205 Å². The Morgan fingerprint density at radius 2 is 1.65 bits per heavy atom. The molecule has 1 N–H and O–H groups in total. The molecule has 2 aromatic carbocycles. The van der Waals surface area contributed by atoms with Gasteiger partial charge in [-0.3, -0.25) is 19.0 Å². The van der Waals surface area contributed by atoms with Gasteiger partial charge in [0.05, 0.1) is 16.2 Å². The van der Waals surface area contributed by atoms with E-state index in [0.29, 0.717) is 33.7 Å². The van der Waals surface area contributed by atoms with Crippen molar-refractivity contribution in [1.82, 2.24) is 14.9 Å². The summed E-state index contributed by atoms with van der Waals surface area (Å²) in [6.07, 6.45) is 0. The molecular weight excluding hydrogens is 446 g/mol. The summed E-state index contributed by atoms with van der Waals surface area (Å²) in [5.74, 6) is -0.000646. The molecule has 1 unspecified atom stereocenters. The maximum atomic E-state index is 13.4. The fraction of sp³-hybridized carbons (Fsp3) is 0.407. The molecule has 0 saturated heterocycles. The van der Waals surface area contributed by atoms with Crippen molar-refractivity contribution in [3.8, 4) is 0 Å². The van der Waals surface area contributed by atoms with E-state index < -0.39 is 5.25 Å². The minimum atomic E-state index is -0.433. The number of ketones is 1. The zero-order valence-corrected chi connectivity index (χ0v) is 21.7. The first-order valence-electron chi connectivity index (χ1n) is 11.6. The van der Waals surface area contributed by atoms with Crippen molar-refractivity contribution in [3.05, 3.63) is 69.0 Å². The zero-order valence-electron chi connectivity index (χ0n) is 20.9. The molecule has 180 valence electrons. The summed E-state index contributed by atoms with van der Waals surface area (Å²) in [5.41, 5.74) is 3.59. The van der Waals surface area contributed by atoms with Gasteiger partial charge in [0, 0.05) is 23.7 Å². The fourth-order valence-electron chi connectivity index (χ4n) is 3.64. The molecular formula is C27H33N3O3S. The van der Waals surface area contributed by atoms with Crippen molar-refractivity contribution < 1.29 is 9.59 Å². The van der Waals surface area contributed by atoms with Crippen LogP contribution in [0.4, 0.5) is 0 Å². The topological polar surface area (TPSA) is 81.1 Å². The van der Waals surface area contributed by atoms with E-state index in [1.165, 1.54) is 11.8 Å². The van der Waals surface area contributed by atoms with Crippen LogP contribution >= 0.6 is 11.8 Å². The number of thioether (sulfide) groups is 1. The Hall–Kier alpha value is -2.93. The van der Waals surface area contributed by atoms with E-state index in [1.54, 1.807) is 22.8 Å². The number of benzene rings is 2. The van der Waals surface area contributed by atoms with Gasteiger partial charge in [-0.15, -0.1) is 0 Å². The second kappa shape index (κ2) is 10.6. The summed E-state index contributed by atoms with van der Waals surface area (Å²) < 4.78 is 1.65. The first-order valence-corrected chi connectivity index (χ1v) is 12.5. The van der Waals surface area contributed by atoms with Crippen LogP contribution in [0.2, 0.25) is 0 Å². The van der Waals surface area contributed by atoms with Crippen molar-refractivity contribution in [2.24, 2.45) is 5.92 Å². The minimum absolute atomic E-state index is 0.00131. The predicted molar refractivity (Wildman–Crippen MR) is 139 cm³/mol. The average Bonchev–Trinajstić information content (AvgIpc) is 2.76. The lowest BCUT2D eigenvalue weighted by Gasteiger charge is -2.18. The molecule has 1 heterocycles. The molecule has 3 aromatic rings. The lowest BCUT2D eigenvalue weighted by molar-refractivity contribution is 0.0942.